The van der Waals surface area contributed by atoms with E-state index < -0.39 is 4.92 Å². The highest BCUT2D eigenvalue weighted by molar-refractivity contribution is 5.80. The number of benzene rings is 2. The summed E-state index contributed by atoms with van der Waals surface area (Å²) in [7, 11) is 1.68. The van der Waals surface area contributed by atoms with Crippen molar-refractivity contribution in [2.45, 2.75) is 39.3 Å². The summed E-state index contributed by atoms with van der Waals surface area (Å²) in [5, 5.41) is 11.5. The molecule has 0 aliphatic carbocycles. The van der Waals surface area contributed by atoms with Crippen LogP contribution < -0.4 is 5.56 Å². The van der Waals surface area contributed by atoms with Crippen molar-refractivity contribution >= 4 is 22.5 Å². The Hall–Kier alpha value is -3.55. The fourth-order valence-corrected chi connectivity index (χ4v) is 3.41. The number of amides is 1. The maximum atomic E-state index is 12.6. The van der Waals surface area contributed by atoms with Crippen LogP contribution in [0.2, 0.25) is 0 Å². The highest BCUT2D eigenvalue weighted by Crippen LogP contribution is 2.23. The Labute approximate surface area is 173 Å². The lowest BCUT2D eigenvalue weighted by molar-refractivity contribution is -0.384. The first-order valence-electron chi connectivity index (χ1n) is 9.74. The van der Waals surface area contributed by atoms with Gasteiger partial charge in [-0.05, 0) is 37.5 Å². The van der Waals surface area contributed by atoms with Crippen LogP contribution in [-0.4, -0.2) is 32.3 Å². The van der Waals surface area contributed by atoms with Crippen LogP contribution in [0, 0.1) is 17.0 Å². The number of fused-ring (bicyclic) bond motifs is 1. The number of non-ortho nitro benzene ring substituents is 1. The number of hydrogen-bond acceptors (Lipinski definition) is 5. The molecule has 1 heterocycles. The Morgan fingerprint density at radius 3 is 2.73 bits per heavy atom. The van der Waals surface area contributed by atoms with Crippen LogP contribution in [-0.2, 0) is 11.3 Å². The first-order chi connectivity index (χ1) is 14.3. The summed E-state index contributed by atoms with van der Waals surface area (Å²) in [6, 6.07) is 11.5. The SMILES string of the molecule is Cc1cccc2c(=O)n(CCCC(=O)N(C)C(C)c3cccc([N+](=O)[O-])c3)cnc12. The second kappa shape index (κ2) is 8.86. The van der Waals surface area contributed by atoms with Gasteiger partial charge in [0, 0.05) is 32.1 Å². The molecule has 3 rings (SSSR count). The van der Waals surface area contributed by atoms with E-state index in [-0.39, 0.29) is 29.6 Å². The molecule has 8 nitrogen and oxygen atoms in total. The van der Waals surface area contributed by atoms with Crippen LogP contribution in [0.4, 0.5) is 5.69 Å². The van der Waals surface area contributed by atoms with Crippen molar-refractivity contribution in [1.29, 1.82) is 0 Å². The molecule has 0 aliphatic rings. The van der Waals surface area contributed by atoms with Crippen molar-refractivity contribution in [1.82, 2.24) is 14.5 Å². The van der Waals surface area contributed by atoms with Crippen LogP contribution in [0.25, 0.3) is 10.9 Å². The largest absolute Gasteiger partial charge is 0.339 e. The van der Waals surface area contributed by atoms with Gasteiger partial charge in [0.15, 0.2) is 0 Å². The van der Waals surface area contributed by atoms with Crippen molar-refractivity contribution in [2.75, 3.05) is 7.05 Å². The Morgan fingerprint density at radius 1 is 1.27 bits per heavy atom. The Bertz CT molecular complexity index is 1160. The lowest BCUT2D eigenvalue weighted by atomic mass is 10.1. The summed E-state index contributed by atoms with van der Waals surface area (Å²) in [5.41, 5.74) is 2.22. The number of para-hydroxylation sites is 1. The minimum Gasteiger partial charge on any atom is -0.339 e. The van der Waals surface area contributed by atoms with Crippen molar-refractivity contribution in [3.63, 3.8) is 0 Å². The van der Waals surface area contributed by atoms with Gasteiger partial charge in [-0.25, -0.2) is 4.98 Å². The molecule has 0 N–H and O–H groups in total. The molecule has 0 fully saturated rings. The normalized spacial score (nSPS) is 12.0. The topological polar surface area (TPSA) is 98.3 Å². The molecule has 0 radical (unpaired) electrons. The minimum absolute atomic E-state index is 0.00128. The van der Waals surface area contributed by atoms with Gasteiger partial charge in [-0.2, -0.15) is 0 Å². The van der Waals surface area contributed by atoms with Gasteiger partial charge in [0.05, 0.1) is 28.2 Å². The van der Waals surface area contributed by atoms with Gasteiger partial charge in [0.1, 0.15) is 0 Å². The van der Waals surface area contributed by atoms with E-state index in [2.05, 4.69) is 4.98 Å². The number of aromatic nitrogens is 2. The fourth-order valence-electron chi connectivity index (χ4n) is 3.41. The van der Waals surface area contributed by atoms with Crippen LogP contribution in [0.3, 0.4) is 0 Å². The monoisotopic (exact) mass is 408 g/mol. The summed E-state index contributed by atoms with van der Waals surface area (Å²) in [6.45, 7) is 4.13. The third-order valence-corrected chi connectivity index (χ3v) is 5.38. The number of aryl methyl sites for hydroxylation is 2. The second-order valence-corrected chi connectivity index (χ2v) is 7.35. The zero-order valence-electron chi connectivity index (χ0n) is 17.2. The van der Waals surface area contributed by atoms with E-state index in [1.165, 1.54) is 23.0 Å². The molecule has 8 heteroatoms. The molecule has 1 aromatic heterocycles. The van der Waals surface area contributed by atoms with Gasteiger partial charge in [-0.3, -0.25) is 24.3 Å². The van der Waals surface area contributed by atoms with Crippen LogP contribution in [0.1, 0.15) is 36.9 Å². The third kappa shape index (κ3) is 4.37. The van der Waals surface area contributed by atoms with E-state index in [9.17, 15) is 19.7 Å². The molecule has 30 heavy (non-hydrogen) atoms. The summed E-state index contributed by atoms with van der Waals surface area (Å²) in [6.07, 6.45) is 2.27. The quantitative estimate of drug-likeness (QED) is 0.439. The van der Waals surface area contributed by atoms with E-state index >= 15 is 0 Å². The molecule has 1 unspecified atom stereocenters. The van der Waals surface area contributed by atoms with Crippen molar-refractivity contribution < 1.29 is 9.72 Å². The fraction of sp³-hybridized carbons (Fsp3) is 0.318. The highest BCUT2D eigenvalue weighted by atomic mass is 16.6. The summed E-state index contributed by atoms with van der Waals surface area (Å²) in [5.74, 6) is -0.0911. The lowest BCUT2D eigenvalue weighted by Crippen LogP contribution is -2.30. The smallest absolute Gasteiger partial charge is 0.269 e. The molecule has 1 atom stereocenters. The maximum absolute atomic E-state index is 12.6. The van der Waals surface area contributed by atoms with Crippen molar-refractivity contribution in [3.8, 4) is 0 Å². The van der Waals surface area contributed by atoms with Gasteiger partial charge < -0.3 is 4.90 Å². The zero-order chi connectivity index (χ0) is 21.8. The minimum atomic E-state index is -0.450. The molecule has 0 spiro atoms. The standard InChI is InChI=1S/C22H24N4O4/c1-15-7-4-10-19-21(15)23-14-25(22(19)28)12-6-11-20(27)24(3)16(2)17-8-5-9-18(13-17)26(29)30/h4-5,7-10,13-14,16H,6,11-12H2,1-3H3. The van der Waals surface area contributed by atoms with E-state index in [1.54, 1.807) is 30.1 Å². The van der Waals surface area contributed by atoms with Crippen LogP contribution in [0.15, 0.2) is 53.6 Å². The van der Waals surface area contributed by atoms with E-state index in [0.29, 0.717) is 29.4 Å². The molecule has 0 saturated carbocycles. The Kier molecular flexibility index (Phi) is 6.25. The molecule has 156 valence electrons. The van der Waals surface area contributed by atoms with Crippen LogP contribution >= 0.6 is 0 Å². The molecule has 0 bridgehead atoms. The van der Waals surface area contributed by atoms with Gasteiger partial charge in [0.25, 0.3) is 11.2 Å². The predicted molar refractivity (Wildman–Crippen MR) is 114 cm³/mol. The zero-order valence-corrected chi connectivity index (χ0v) is 17.2. The second-order valence-electron chi connectivity index (χ2n) is 7.35. The van der Waals surface area contributed by atoms with E-state index in [4.69, 9.17) is 0 Å². The molecule has 2 aromatic carbocycles. The van der Waals surface area contributed by atoms with Crippen molar-refractivity contribution in [2.24, 2.45) is 0 Å². The lowest BCUT2D eigenvalue weighted by Gasteiger charge is -2.25. The number of rotatable bonds is 7. The van der Waals surface area contributed by atoms with E-state index in [0.717, 1.165) is 5.56 Å². The third-order valence-electron chi connectivity index (χ3n) is 5.38. The molecule has 3 aromatic rings. The van der Waals surface area contributed by atoms with Gasteiger partial charge in [0.2, 0.25) is 5.91 Å². The number of nitro groups is 1. The average molecular weight is 408 g/mol. The first-order valence-corrected chi connectivity index (χ1v) is 9.74. The Morgan fingerprint density at radius 2 is 2.00 bits per heavy atom. The maximum Gasteiger partial charge on any atom is 0.269 e. The average Bonchev–Trinajstić information content (AvgIpc) is 2.74. The van der Waals surface area contributed by atoms with Gasteiger partial charge >= 0.3 is 0 Å². The molecule has 0 saturated heterocycles. The molecule has 1 amide bonds. The summed E-state index contributed by atoms with van der Waals surface area (Å²) in [4.78, 5) is 41.7. The number of carbonyl (C=O) groups is 1. The number of carbonyl (C=O) groups excluding carboxylic acids is 1. The van der Waals surface area contributed by atoms with Gasteiger partial charge in [-0.15, -0.1) is 0 Å². The summed E-state index contributed by atoms with van der Waals surface area (Å²) >= 11 is 0. The number of nitrogens with zero attached hydrogens (tertiary/aromatic N) is 4. The number of hydrogen-bond donors (Lipinski definition) is 0. The molecular formula is C22H24N4O4. The molecular weight excluding hydrogens is 384 g/mol. The van der Waals surface area contributed by atoms with E-state index in [1.807, 2.05) is 26.0 Å². The molecule has 0 aliphatic heterocycles. The van der Waals surface area contributed by atoms with Crippen molar-refractivity contribution in [3.05, 3.63) is 80.4 Å². The number of nitro benzene ring substituents is 1. The Balaban J connectivity index is 1.64. The first kappa shape index (κ1) is 21.2. The van der Waals surface area contributed by atoms with Gasteiger partial charge in [-0.1, -0.05) is 24.3 Å². The van der Waals surface area contributed by atoms with Crippen LogP contribution in [0.5, 0.6) is 0 Å². The highest BCUT2D eigenvalue weighted by Gasteiger charge is 2.19. The predicted octanol–water partition coefficient (Wildman–Crippen LogP) is 3.61. The summed E-state index contributed by atoms with van der Waals surface area (Å²) < 4.78 is 1.53.